The molecule has 1 aliphatic rings. The van der Waals surface area contributed by atoms with Crippen molar-refractivity contribution in [2.75, 3.05) is 0 Å². The van der Waals surface area contributed by atoms with Crippen molar-refractivity contribution in [2.24, 2.45) is 0 Å². The first kappa shape index (κ1) is 24.3. The minimum Gasteiger partial charge on any atom is -0.0654 e. The lowest BCUT2D eigenvalue weighted by Crippen LogP contribution is -2.23. The number of halogens is 1. The number of unbranched alkanes of at least 4 members (excludes halogenated alkanes) is 6. The van der Waals surface area contributed by atoms with Gasteiger partial charge >= 0.3 is 0 Å². The summed E-state index contributed by atoms with van der Waals surface area (Å²) in [5.41, 5.74) is 10.0. The van der Waals surface area contributed by atoms with E-state index >= 15 is 0 Å². The van der Waals surface area contributed by atoms with E-state index in [9.17, 15) is 0 Å². The maximum atomic E-state index is 3.76. The van der Waals surface area contributed by atoms with Gasteiger partial charge in [0.1, 0.15) is 0 Å². The predicted octanol–water partition coefficient (Wildman–Crippen LogP) is 10.0. The lowest BCUT2D eigenvalue weighted by atomic mass is 9.73. The number of hydrogen-bond donors (Lipinski definition) is 0. The van der Waals surface area contributed by atoms with Crippen molar-refractivity contribution in [3.63, 3.8) is 0 Å². The number of rotatable bonds is 11. The highest BCUT2D eigenvalue weighted by Gasteiger charge is 2.40. The molecule has 0 spiro atoms. The van der Waals surface area contributed by atoms with E-state index in [0.717, 1.165) is 4.47 Å². The van der Waals surface area contributed by atoms with Crippen LogP contribution in [0.4, 0.5) is 0 Å². The minimum absolute atomic E-state index is 0.118. The van der Waals surface area contributed by atoms with Crippen LogP contribution in [0.15, 0.2) is 65.1 Å². The standard InChI is InChI=1S/C32H39Br/c1-4-6-8-10-14-24-20-25(15-11-9-7-5-2)22-26(21-24)32(3)30-17-13-12-16-28(30)29-19-18-27(33)23-31(29)32/h12-13,16-23H,4-11,14-15H2,1-3H3. The fourth-order valence-corrected chi connectivity index (χ4v) is 5.99. The molecule has 0 saturated heterocycles. The first-order valence-electron chi connectivity index (χ1n) is 13.1. The van der Waals surface area contributed by atoms with Crippen LogP contribution in [-0.2, 0) is 18.3 Å². The van der Waals surface area contributed by atoms with Gasteiger partial charge in [0.05, 0.1) is 0 Å². The molecule has 0 radical (unpaired) electrons. The highest BCUT2D eigenvalue weighted by atomic mass is 79.9. The Bertz CT molecular complexity index is 1050. The number of benzene rings is 3. The summed E-state index contributed by atoms with van der Waals surface area (Å²) in [5.74, 6) is 0. The van der Waals surface area contributed by atoms with Crippen LogP contribution >= 0.6 is 15.9 Å². The molecule has 0 amide bonds. The molecule has 1 atom stereocenters. The van der Waals surface area contributed by atoms with Crippen LogP contribution in [0, 0.1) is 0 Å². The predicted molar refractivity (Wildman–Crippen MR) is 147 cm³/mol. The van der Waals surface area contributed by atoms with Gasteiger partial charge in [0, 0.05) is 9.89 Å². The zero-order valence-electron chi connectivity index (χ0n) is 20.7. The van der Waals surface area contributed by atoms with Crippen molar-refractivity contribution in [1.29, 1.82) is 0 Å². The molecule has 1 heteroatoms. The van der Waals surface area contributed by atoms with Gasteiger partial charge in [-0.3, -0.25) is 0 Å². The molecule has 0 bridgehead atoms. The van der Waals surface area contributed by atoms with Gasteiger partial charge in [-0.15, -0.1) is 0 Å². The number of aryl methyl sites for hydroxylation is 2. The molecule has 0 saturated carbocycles. The van der Waals surface area contributed by atoms with Crippen molar-refractivity contribution < 1.29 is 0 Å². The third-order valence-electron chi connectivity index (χ3n) is 7.54. The van der Waals surface area contributed by atoms with E-state index in [1.807, 2.05) is 0 Å². The molecule has 0 aromatic heterocycles. The second-order valence-corrected chi connectivity index (χ2v) is 10.9. The summed E-state index contributed by atoms with van der Waals surface area (Å²) in [6, 6.07) is 23.4. The molecule has 0 heterocycles. The van der Waals surface area contributed by atoms with Gasteiger partial charge in [0.25, 0.3) is 0 Å². The molecule has 0 N–H and O–H groups in total. The lowest BCUT2D eigenvalue weighted by molar-refractivity contribution is 0.656. The first-order valence-corrected chi connectivity index (χ1v) is 13.9. The summed E-state index contributed by atoms with van der Waals surface area (Å²) in [6.07, 6.45) is 12.9. The van der Waals surface area contributed by atoms with E-state index in [1.54, 1.807) is 0 Å². The fraction of sp³-hybridized carbons (Fsp3) is 0.438. The fourth-order valence-electron chi connectivity index (χ4n) is 5.63. The molecule has 3 aromatic carbocycles. The Kier molecular flexibility index (Phi) is 8.12. The van der Waals surface area contributed by atoms with Crippen molar-refractivity contribution in [2.45, 2.75) is 90.4 Å². The summed E-state index contributed by atoms with van der Waals surface area (Å²) in [4.78, 5) is 0. The summed E-state index contributed by atoms with van der Waals surface area (Å²) < 4.78 is 1.16. The molecule has 33 heavy (non-hydrogen) atoms. The minimum atomic E-state index is -0.118. The van der Waals surface area contributed by atoms with Crippen LogP contribution in [0.25, 0.3) is 11.1 Å². The highest BCUT2D eigenvalue weighted by Crippen LogP contribution is 2.53. The molecule has 0 fully saturated rings. The van der Waals surface area contributed by atoms with E-state index in [0.29, 0.717) is 0 Å². The Labute approximate surface area is 210 Å². The van der Waals surface area contributed by atoms with E-state index < -0.39 is 0 Å². The normalized spacial score (nSPS) is 16.6. The average molecular weight is 504 g/mol. The van der Waals surface area contributed by atoms with Gasteiger partial charge in [0.15, 0.2) is 0 Å². The Morgan fingerprint density at radius 3 is 1.88 bits per heavy atom. The molecule has 0 aliphatic heterocycles. The summed E-state index contributed by atoms with van der Waals surface area (Å²) >= 11 is 3.76. The summed E-state index contributed by atoms with van der Waals surface area (Å²) in [5, 5.41) is 0. The van der Waals surface area contributed by atoms with Crippen LogP contribution in [0.5, 0.6) is 0 Å². The quantitative estimate of drug-likeness (QED) is 0.228. The van der Waals surface area contributed by atoms with Crippen LogP contribution in [0.2, 0.25) is 0 Å². The molecule has 1 aliphatic carbocycles. The Morgan fingerprint density at radius 1 is 0.636 bits per heavy atom. The second kappa shape index (κ2) is 11.0. The van der Waals surface area contributed by atoms with E-state index in [-0.39, 0.29) is 5.41 Å². The average Bonchev–Trinajstić information content (AvgIpc) is 3.09. The molecule has 174 valence electrons. The lowest BCUT2D eigenvalue weighted by Gasteiger charge is -2.30. The third kappa shape index (κ3) is 5.14. The van der Waals surface area contributed by atoms with Crippen LogP contribution in [0.1, 0.15) is 100.0 Å². The van der Waals surface area contributed by atoms with Crippen molar-refractivity contribution >= 4 is 15.9 Å². The van der Waals surface area contributed by atoms with E-state index in [1.165, 1.54) is 103 Å². The van der Waals surface area contributed by atoms with Gasteiger partial charge in [0.2, 0.25) is 0 Å². The SMILES string of the molecule is CCCCCCc1cc(CCCCCC)cc(C2(C)c3ccccc3-c3ccc(Br)cc32)c1. The van der Waals surface area contributed by atoms with Gasteiger partial charge in [-0.25, -0.2) is 0 Å². The van der Waals surface area contributed by atoms with Gasteiger partial charge in [-0.05, 0) is 83.7 Å². The van der Waals surface area contributed by atoms with Crippen LogP contribution < -0.4 is 0 Å². The molecule has 0 nitrogen and oxygen atoms in total. The molecule has 4 rings (SSSR count). The first-order chi connectivity index (χ1) is 16.1. The van der Waals surface area contributed by atoms with Gasteiger partial charge in [-0.2, -0.15) is 0 Å². The molecular formula is C32H39Br. The molecule has 1 unspecified atom stereocenters. The molecule has 3 aromatic rings. The van der Waals surface area contributed by atoms with Crippen molar-refractivity contribution in [3.05, 3.63) is 93.0 Å². The maximum Gasteiger partial charge on any atom is 0.0436 e. The summed E-state index contributed by atoms with van der Waals surface area (Å²) in [6.45, 7) is 7.03. The number of hydrogen-bond acceptors (Lipinski definition) is 0. The summed E-state index contributed by atoms with van der Waals surface area (Å²) in [7, 11) is 0. The highest BCUT2D eigenvalue weighted by molar-refractivity contribution is 9.10. The van der Waals surface area contributed by atoms with Crippen LogP contribution in [-0.4, -0.2) is 0 Å². The number of fused-ring (bicyclic) bond motifs is 3. The van der Waals surface area contributed by atoms with Gasteiger partial charge in [-0.1, -0.05) is 117 Å². The topological polar surface area (TPSA) is 0 Å². The zero-order valence-corrected chi connectivity index (χ0v) is 22.3. The van der Waals surface area contributed by atoms with Crippen LogP contribution in [0.3, 0.4) is 0 Å². The van der Waals surface area contributed by atoms with E-state index in [2.05, 4.69) is 97.4 Å². The Morgan fingerprint density at radius 2 is 1.24 bits per heavy atom. The molecular weight excluding hydrogens is 464 g/mol. The van der Waals surface area contributed by atoms with Crippen molar-refractivity contribution in [1.82, 2.24) is 0 Å². The van der Waals surface area contributed by atoms with E-state index in [4.69, 9.17) is 0 Å². The Balaban J connectivity index is 1.76. The largest absolute Gasteiger partial charge is 0.0654 e. The monoisotopic (exact) mass is 502 g/mol. The second-order valence-electron chi connectivity index (χ2n) is 10.0. The Hall–Kier alpha value is -1.86. The third-order valence-corrected chi connectivity index (χ3v) is 8.04. The van der Waals surface area contributed by atoms with Gasteiger partial charge < -0.3 is 0 Å². The van der Waals surface area contributed by atoms with Crippen molar-refractivity contribution in [3.8, 4) is 11.1 Å². The zero-order chi connectivity index (χ0) is 23.3. The maximum absolute atomic E-state index is 3.76. The smallest absolute Gasteiger partial charge is 0.0436 e.